The molecule has 0 radical (unpaired) electrons. The summed E-state index contributed by atoms with van der Waals surface area (Å²) in [7, 11) is 0. The zero-order valence-corrected chi connectivity index (χ0v) is 12.1. The number of rotatable bonds is 3. The molecule has 1 fully saturated rings. The van der Waals surface area contributed by atoms with Gasteiger partial charge in [0.1, 0.15) is 11.5 Å². The maximum absolute atomic E-state index is 14.4. The highest BCUT2D eigenvalue weighted by molar-refractivity contribution is 5.72. The first-order valence-corrected chi connectivity index (χ1v) is 6.91. The van der Waals surface area contributed by atoms with Crippen molar-refractivity contribution in [1.29, 1.82) is 0 Å². The average molecular weight is 319 g/mol. The molecule has 1 amide bonds. The van der Waals surface area contributed by atoms with Crippen LogP contribution in [-0.2, 0) is 11.0 Å². The number of amides is 1. The van der Waals surface area contributed by atoms with Crippen molar-refractivity contribution >= 4 is 11.7 Å². The van der Waals surface area contributed by atoms with E-state index < -0.39 is 17.4 Å². The lowest BCUT2D eigenvalue weighted by atomic mass is 9.93. The highest BCUT2D eigenvalue weighted by Gasteiger charge is 2.35. The lowest BCUT2D eigenvalue weighted by Gasteiger charge is -2.37. The van der Waals surface area contributed by atoms with Crippen LogP contribution >= 0.6 is 0 Å². The van der Waals surface area contributed by atoms with Crippen LogP contribution in [0.15, 0.2) is 18.3 Å². The van der Waals surface area contributed by atoms with E-state index in [4.69, 9.17) is 0 Å². The first-order chi connectivity index (χ1) is 10.2. The van der Waals surface area contributed by atoms with E-state index in [9.17, 15) is 22.4 Å². The Morgan fingerprint density at radius 3 is 2.45 bits per heavy atom. The van der Waals surface area contributed by atoms with E-state index in [1.54, 1.807) is 4.90 Å². The van der Waals surface area contributed by atoms with Crippen molar-refractivity contribution in [3.63, 3.8) is 0 Å². The number of anilines is 1. The summed E-state index contributed by atoms with van der Waals surface area (Å²) in [6.07, 6.45) is -3.25. The Hall–Kier alpha value is -1.86. The number of hydrogen-bond acceptors (Lipinski definition) is 3. The minimum absolute atomic E-state index is 0.0450. The van der Waals surface area contributed by atoms with E-state index in [-0.39, 0.29) is 25.3 Å². The highest BCUT2D eigenvalue weighted by Crippen LogP contribution is 2.31. The number of carbonyl (C=O) groups is 1. The van der Waals surface area contributed by atoms with Gasteiger partial charge in [0.15, 0.2) is 0 Å². The largest absolute Gasteiger partial charge is 0.417 e. The van der Waals surface area contributed by atoms with E-state index in [2.05, 4.69) is 10.3 Å². The second-order valence-corrected chi connectivity index (χ2v) is 5.45. The molecule has 1 saturated heterocycles. The van der Waals surface area contributed by atoms with Crippen molar-refractivity contribution < 1.29 is 22.4 Å². The Bertz CT molecular complexity index is 522. The van der Waals surface area contributed by atoms with Gasteiger partial charge in [-0.3, -0.25) is 4.79 Å². The van der Waals surface area contributed by atoms with Crippen molar-refractivity contribution in [1.82, 2.24) is 10.3 Å². The van der Waals surface area contributed by atoms with Gasteiger partial charge < -0.3 is 10.2 Å². The smallest absolute Gasteiger partial charge is 0.356 e. The molecule has 1 aliphatic heterocycles. The highest BCUT2D eigenvalue weighted by atomic mass is 19.4. The molecule has 2 rings (SSSR count). The standard InChI is InChI=1S/C14H17F4N3O/c1-10(22)20-9-13(15)4-6-21(7-5-13)12-3-2-11(8-19-12)14(16,17)18/h2-3,8H,4-7,9H2,1H3,(H,20,22). The third kappa shape index (κ3) is 4.08. The van der Waals surface area contributed by atoms with Crippen molar-refractivity contribution in [3.05, 3.63) is 23.9 Å². The van der Waals surface area contributed by atoms with Crippen LogP contribution in [0.3, 0.4) is 0 Å². The molecular weight excluding hydrogens is 302 g/mol. The molecule has 1 aromatic rings. The molecule has 0 saturated carbocycles. The fourth-order valence-electron chi connectivity index (χ4n) is 2.34. The Labute approximate surface area is 125 Å². The fraction of sp³-hybridized carbons (Fsp3) is 0.571. The van der Waals surface area contributed by atoms with E-state index in [1.165, 1.54) is 13.0 Å². The summed E-state index contributed by atoms with van der Waals surface area (Å²) in [5.41, 5.74) is -2.28. The zero-order chi connectivity index (χ0) is 16.4. The molecule has 0 spiro atoms. The predicted molar refractivity (Wildman–Crippen MR) is 73.2 cm³/mol. The normalized spacial score (nSPS) is 18.1. The number of nitrogens with one attached hydrogen (secondary N) is 1. The lowest BCUT2D eigenvalue weighted by Crippen LogP contribution is -2.48. The summed E-state index contributed by atoms with van der Waals surface area (Å²) in [4.78, 5) is 16.4. The number of pyridine rings is 1. The van der Waals surface area contributed by atoms with Crippen molar-refractivity contribution in [2.24, 2.45) is 0 Å². The maximum Gasteiger partial charge on any atom is 0.417 e. The molecule has 0 aliphatic carbocycles. The number of carbonyl (C=O) groups excluding carboxylic acids is 1. The van der Waals surface area contributed by atoms with Crippen molar-refractivity contribution in [2.45, 2.75) is 31.6 Å². The topological polar surface area (TPSA) is 45.2 Å². The van der Waals surface area contributed by atoms with Crippen molar-refractivity contribution in [2.75, 3.05) is 24.5 Å². The quantitative estimate of drug-likeness (QED) is 0.871. The average Bonchev–Trinajstić information content (AvgIpc) is 2.45. The molecule has 1 aromatic heterocycles. The lowest BCUT2D eigenvalue weighted by molar-refractivity contribution is -0.137. The van der Waals surface area contributed by atoms with E-state index in [1.807, 2.05) is 0 Å². The molecule has 8 heteroatoms. The molecule has 0 atom stereocenters. The van der Waals surface area contributed by atoms with Crippen LogP contribution in [0, 0.1) is 0 Å². The molecule has 0 aromatic carbocycles. The van der Waals surface area contributed by atoms with Gasteiger partial charge in [-0.1, -0.05) is 0 Å². The van der Waals surface area contributed by atoms with Crippen LogP contribution in [0.4, 0.5) is 23.4 Å². The second kappa shape index (κ2) is 6.10. The Morgan fingerprint density at radius 1 is 1.36 bits per heavy atom. The third-order valence-corrected chi connectivity index (χ3v) is 3.71. The minimum Gasteiger partial charge on any atom is -0.356 e. The van der Waals surface area contributed by atoms with Crippen LogP contribution < -0.4 is 10.2 Å². The Morgan fingerprint density at radius 2 is 2.00 bits per heavy atom. The third-order valence-electron chi connectivity index (χ3n) is 3.71. The van der Waals surface area contributed by atoms with Crippen LogP contribution in [0.1, 0.15) is 25.3 Å². The monoisotopic (exact) mass is 319 g/mol. The van der Waals surface area contributed by atoms with Crippen LogP contribution in [0.25, 0.3) is 0 Å². The van der Waals surface area contributed by atoms with Crippen LogP contribution in [-0.4, -0.2) is 36.2 Å². The van der Waals surface area contributed by atoms with Gasteiger partial charge in [0, 0.05) is 39.1 Å². The van der Waals surface area contributed by atoms with E-state index in [0.29, 0.717) is 18.9 Å². The summed E-state index contributed by atoms with van der Waals surface area (Å²) in [5.74, 6) is 0.110. The summed E-state index contributed by atoms with van der Waals surface area (Å²) in [5, 5.41) is 2.46. The maximum atomic E-state index is 14.4. The number of aromatic nitrogens is 1. The summed E-state index contributed by atoms with van der Waals surface area (Å²) < 4.78 is 51.9. The fourth-order valence-corrected chi connectivity index (χ4v) is 2.34. The number of alkyl halides is 4. The molecule has 122 valence electrons. The van der Waals surface area contributed by atoms with Gasteiger partial charge in [0.05, 0.1) is 12.1 Å². The minimum atomic E-state index is -4.42. The number of hydrogen-bond donors (Lipinski definition) is 1. The second-order valence-electron chi connectivity index (χ2n) is 5.45. The van der Waals surface area contributed by atoms with Crippen LogP contribution in [0.5, 0.6) is 0 Å². The van der Waals surface area contributed by atoms with Gasteiger partial charge >= 0.3 is 6.18 Å². The molecule has 1 aliphatic rings. The number of nitrogens with zero attached hydrogens (tertiary/aromatic N) is 2. The molecular formula is C14H17F4N3O. The predicted octanol–water partition coefficient (Wildman–Crippen LogP) is 2.55. The van der Waals surface area contributed by atoms with Gasteiger partial charge in [-0.25, -0.2) is 9.37 Å². The Balaban J connectivity index is 1.95. The number of piperidine rings is 1. The van der Waals surface area contributed by atoms with E-state index >= 15 is 0 Å². The zero-order valence-electron chi connectivity index (χ0n) is 12.1. The van der Waals surface area contributed by atoms with Gasteiger partial charge in [-0.15, -0.1) is 0 Å². The summed E-state index contributed by atoms with van der Waals surface area (Å²) in [6.45, 7) is 1.96. The molecule has 22 heavy (non-hydrogen) atoms. The first-order valence-electron chi connectivity index (χ1n) is 6.91. The van der Waals surface area contributed by atoms with Gasteiger partial charge in [0.2, 0.25) is 5.91 Å². The summed E-state index contributed by atoms with van der Waals surface area (Å²) in [6, 6.07) is 2.26. The van der Waals surface area contributed by atoms with Crippen molar-refractivity contribution in [3.8, 4) is 0 Å². The van der Waals surface area contributed by atoms with Gasteiger partial charge in [0.25, 0.3) is 0 Å². The molecule has 2 heterocycles. The Kier molecular flexibility index (Phi) is 4.58. The molecule has 1 N–H and O–H groups in total. The summed E-state index contributed by atoms with van der Waals surface area (Å²) >= 11 is 0. The molecule has 4 nitrogen and oxygen atoms in total. The first kappa shape index (κ1) is 16.5. The molecule has 0 bridgehead atoms. The van der Waals surface area contributed by atoms with Crippen LogP contribution in [0.2, 0.25) is 0 Å². The van der Waals surface area contributed by atoms with Gasteiger partial charge in [-0.05, 0) is 12.1 Å². The number of halogens is 4. The SMILES string of the molecule is CC(=O)NCC1(F)CCN(c2ccc(C(F)(F)F)cn2)CC1. The van der Waals surface area contributed by atoms with E-state index in [0.717, 1.165) is 12.3 Å². The molecule has 0 unspecified atom stereocenters. The van der Waals surface area contributed by atoms with Gasteiger partial charge in [-0.2, -0.15) is 13.2 Å².